The number of allylic oxidation sites excluding steroid dienone is 24. The molecule has 96 heavy (non-hydrogen) atoms. The van der Waals surface area contributed by atoms with Crippen molar-refractivity contribution in [1.82, 2.24) is 0 Å². The highest BCUT2D eigenvalue weighted by molar-refractivity contribution is 7.47. The second kappa shape index (κ2) is 68.5. The molecular weight excluding hydrogens is 1260 g/mol. The number of carbonyl (C=O) groups is 4. The number of carbonyl (C=O) groups excluding carboxylic acids is 4. The lowest BCUT2D eigenvalue weighted by Crippen LogP contribution is -2.30. The third-order valence-electron chi connectivity index (χ3n) is 14.3. The Morgan fingerprint density at radius 1 is 0.302 bits per heavy atom. The fourth-order valence-electron chi connectivity index (χ4n) is 8.78. The van der Waals surface area contributed by atoms with Crippen LogP contribution in [0.4, 0.5) is 0 Å². The van der Waals surface area contributed by atoms with Crippen LogP contribution in [0.1, 0.15) is 259 Å². The topological polar surface area (TPSA) is 237 Å². The highest BCUT2D eigenvalue weighted by atomic mass is 31.2. The van der Waals surface area contributed by atoms with Crippen LogP contribution < -0.4 is 0 Å². The van der Waals surface area contributed by atoms with Gasteiger partial charge < -0.3 is 33.8 Å². The summed E-state index contributed by atoms with van der Waals surface area (Å²) in [5.41, 5.74) is 0. The van der Waals surface area contributed by atoms with Gasteiger partial charge in [0.15, 0.2) is 12.2 Å². The maximum absolute atomic E-state index is 13.0. The Morgan fingerprint density at radius 2 is 0.552 bits per heavy atom. The van der Waals surface area contributed by atoms with Gasteiger partial charge in [0.1, 0.15) is 19.3 Å². The average molecular weight is 1390 g/mol. The molecule has 0 aliphatic rings. The molecule has 0 amide bonds. The SMILES string of the molecule is CC/C=C\C/C=C\C/C=C\C/C=C\C/C=C\CCCC(=O)OCC(COP(=O)(O)OCC(O)COP(=O)(O)OCC(COC(=O)CCC/C=C\C/C=C\C/C=C\C/C=C\C/C=C\CC)OC(=O)CCCCCCC/C=C\CCCC)OC(=O)CCCCCCC/C=C\CCCC. The molecule has 0 saturated carbocycles. The largest absolute Gasteiger partial charge is 0.472 e. The van der Waals surface area contributed by atoms with Crippen molar-refractivity contribution in [3.8, 4) is 0 Å². The minimum absolute atomic E-state index is 0.0668. The van der Waals surface area contributed by atoms with E-state index in [2.05, 4.69) is 149 Å². The summed E-state index contributed by atoms with van der Waals surface area (Å²) in [5.74, 6) is -2.34. The highest BCUT2D eigenvalue weighted by Crippen LogP contribution is 2.45. The van der Waals surface area contributed by atoms with Crippen molar-refractivity contribution in [3.05, 3.63) is 146 Å². The molecule has 0 saturated heterocycles. The summed E-state index contributed by atoms with van der Waals surface area (Å²) in [7, 11) is -9.98. The molecule has 0 radical (unpaired) electrons. The summed E-state index contributed by atoms with van der Waals surface area (Å²) < 4.78 is 68.1. The molecule has 0 aliphatic heterocycles. The number of phosphoric acid groups is 2. The molecule has 19 heteroatoms. The van der Waals surface area contributed by atoms with Gasteiger partial charge in [-0.1, -0.05) is 238 Å². The third-order valence-corrected chi connectivity index (χ3v) is 16.2. The predicted octanol–water partition coefficient (Wildman–Crippen LogP) is 20.3. The van der Waals surface area contributed by atoms with Crippen LogP contribution in [-0.2, 0) is 65.4 Å². The van der Waals surface area contributed by atoms with Crippen LogP contribution in [0.15, 0.2) is 146 Å². The lowest BCUT2D eigenvalue weighted by molar-refractivity contribution is -0.161. The highest BCUT2D eigenvalue weighted by Gasteiger charge is 2.30. The number of rotatable bonds is 66. The van der Waals surface area contributed by atoms with Crippen LogP contribution >= 0.6 is 15.6 Å². The molecule has 3 N–H and O–H groups in total. The summed E-state index contributed by atoms with van der Waals surface area (Å²) in [4.78, 5) is 72.6. The van der Waals surface area contributed by atoms with E-state index in [9.17, 15) is 43.2 Å². The Morgan fingerprint density at radius 3 is 0.875 bits per heavy atom. The fraction of sp³-hybridized carbons (Fsp3) is 0.636. The van der Waals surface area contributed by atoms with E-state index >= 15 is 0 Å². The molecule has 0 spiro atoms. The Bertz CT molecular complexity index is 2240. The molecule has 0 aromatic carbocycles. The fourth-order valence-corrected chi connectivity index (χ4v) is 10.4. The minimum Gasteiger partial charge on any atom is -0.462 e. The first-order chi connectivity index (χ1) is 46.7. The van der Waals surface area contributed by atoms with Crippen LogP contribution in [0, 0.1) is 0 Å². The first-order valence-electron chi connectivity index (χ1n) is 36.1. The summed E-state index contributed by atoms with van der Waals surface area (Å²) >= 11 is 0. The van der Waals surface area contributed by atoms with Gasteiger partial charge in [0.25, 0.3) is 0 Å². The summed E-state index contributed by atoms with van der Waals surface area (Å²) in [6, 6.07) is 0. The molecule has 0 heterocycles. The zero-order chi connectivity index (χ0) is 70.4. The first kappa shape index (κ1) is 90.9. The minimum atomic E-state index is -4.99. The first-order valence-corrected chi connectivity index (χ1v) is 39.1. The quantitative estimate of drug-likeness (QED) is 0.0169. The normalized spacial score (nSPS) is 14.9. The van der Waals surface area contributed by atoms with E-state index in [1.165, 1.54) is 25.7 Å². The standard InChI is InChI=1S/C77H126O17P2/c1-5-9-13-17-21-25-29-31-33-35-37-39-43-45-49-53-57-61-74(79)87-67-72(93-76(81)63-59-55-51-47-41-27-23-19-15-11-7-3)69-91-95(83,84)89-65-71(78)66-90-96(85,86)92-70-73(94-77(82)64-60-56-52-48-42-28-24-20-16-12-8-4)68-88-75(80)62-58-54-50-46-44-40-38-36-34-32-30-26-22-18-14-10-6-2/h9-10,13-14,19-26,31-34,37-40,45-46,49-50,71-73,78H,5-8,11-12,15-18,27-30,35-36,41-44,47-48,51-70H2,1-4H3,(H,83,84)(H,85,86)/b13-9-,14-10-,23-19-,24-20-,25-21-,26-22-,33-31-,34-32-,39-37-,40-38-,49-45-,50-46-. The molecule has 17 nitrogen and oxygen atoms in total. The van der Waals surface area contributed by atoms with Crippen LogP contribution in [-0.4, -0.2) is 96.7 Å². The van der Waals surface area contributed by atoms with Gasteiger partial charge in [-0.05, 0) is 141 Å². The van der Waals surface area contributed by atoms with E-state index in [0.29, 0.717) is 38.5 Å². The number of hydrogen-bond donors (Lipinski definition) is 3. The van der Waals surface area contributed by atoms with Crippen molar-refractivity contribution in [3.63, 3.8) is 0 Å². The number of aliphatic hydroxyl groups is 1. The molecule has 546 valence electrons. The molecule has 0 aliphatic carbocycles. The number of unbranched alkanes of at least 4 members (excludes halogenated alkanes) is 16. The van der Waals surface area contributed by atoms with Gasteiger partial charge in [-0.25, -0.2) is 9.13 Å². The Labute approximate surface area is 579 Å². The summed E-state index contributed by atoms with van der Waals surface area (Å²) in [5, 5.41) is 10.6. The lowest BCUT2D eigenvalue weighted by atomic mass is 10.1. The van der Waals surface area contributed by atoms with Crippen molar-refractivity contribution in [2.24, 2.45) is 0 Å². The van der Waals surface area contributed by atoms with Crippen molar-refractivity contribution in [2.45, 2.75) is 277 Å². The zero-order valence-electron chi connectivity index (χ0n) is 59.2. The van der Waals surface area contributed by atoms with Crippen LogP contribution in [0.3, 0.4) is 0 Å². The number of hydrogen-bond acceptors (Lipinski definition) is 15. The van der Waals surface area contributed by atoms with Gasteiger partial charge in [-0.15, -0.1) is 0 Å². The van der Waals surface area contributed by atoms with E-state index in [4.69, 9.17) is 37.0 Å². The molecule has 4 unspecified atom stereocenters. The summed E-state index contributed by atoms with van der Waals surface area (Å²) in [6.45, 7) is 4.37. The molecule has 0 fully saturated rings. The number of esters is 4. The number of ether oxygens (including phenoxy) is 4. The predicted molar refractivity (Wildman–Crippen MR) is 390 cm³/mol. The lowest BCUT2D eigenvalue weighted by Gasteiger charge is -2.21. The second-order valence-electron chi connectivity index (χ2n) is 23.4. The van der Waals surface area contributed by atoms with E-state index < -0.39 is 97.5 Å². The smallest absolute Gasteiger partial charge is 0.462 e. The van der Waals surface area contributed by atoms with Crippen molar-refractivity contribution in [1.29, 1.82) is 0 Å². The Kier molecular flexibility index (Phi) is 64.9. The Balaban J connectivity index is 5.41. The van der Waals surface area contributed by atoms with Gasteiger partial charge in [-0.3, -0.25) is 37.3 Å². The monoisotopic (exact) mass is 1380 g/mol. The molecule has 0 aromatic heterocycles. The van der Waals surface area contributed by atoms with Crippen molar-refractivity contribution >= 4 is 39.5 Å². The average Bonchev–Trinajstić information content (AvgIpc) is 1.21. The molecule has 0 rings (SSSR count). The van der Waals surface area contributed by atoms with Gasteiger partial charge in [0, 0.05) is 25.7 Å². The van der Waals surface area contributed by atoms with E-state index in [1.807, 2.05) is 24.3 Å². The Hall–Kier alpha value is -5.06. The van der Waals surface area contributed by atoms with Crippen LogP contribution in [0.25, 0.3) is 0 Å². The van der Waals surface area contributed by atoms with E-state index in [-0.39, 0.29) is 25.7 Å². The number of phosphoric ester groups is 2. The molecule has 4 atom stereocenters. The van der Waals surface area contributed by atoms with Crippen LogP contribution in [0.2, 0.25) is 0 Å². The molecule has 0 bridgehead atoms. The van der Waals surface area contributed by atoms with Gasteiger partial charge in [-0.2, -0.15) is 0 Å². The number of aliphatic hydroxyl groups excluding tert-OH is 1. The second-order valence-corrected chi connectivity index (χ2v) is 26.3. The maximum Gasteiger partial charge on any atom is 0.472 e. The molecule has 0 aromatic rings. The van der Waals surface area contributed by atoms with Crippen molar-refractivity contribution in [2.75, 3.05) is 39.6 Å². The van der Waals surface area contributed by atoms with Gasteiger partial charge in [0.2, 0.25) is 0 Å². The van der Waals surface area contributed by atoms with E-state index in [1.54, 1.807) is 0 Å². The zero-order valence-corrected chi connectivity index (χ0v) is 61.0. The van der Waals surface area contributed by atoms with Gasteiger partial charge >= 0.3 is 39.5 Å². The molecular formula is C77H126O17P2. The van der Waals surface area contributed by atoms with Crippen molar-refractivity contribution < 1.29 is 80.2 Å². The van der Waals surface area contributed by atoms with Crippen LogP contribution in [0.5, 0.6) is 0 Å². The van der Waals surface area contributed by atoms with Gasteiger partial charge in [0.05, 0.1) is 26.4 Å². The van der Waals surface area contributed by atoms with E-state index in [0.717, 1.165) is 141 Å². The third kappa shape index (κ3) is 67.5. The maximum atomic E-state index is 13.0. The summed E-state index contributed by atoms with van der Waals surface area (Å²) in [6.07, 6.45) is 76.0.